The number of pyridine rings is 1. The zero-order valence-corrected chi connectivity index (χ0v) is 9.87. The van der Waals surface area contributed by atoms with Crippen LogP contribution in [0.4, 0.5) is 0 Å². The minimum Gasteiger partial charge on any atom is -0.480 e. The number of carbonyl (C=O) groups is 2. The van der Waals surface area contributed by atoms with Gasteiger partial charge in [-0.05, 0) is 12.1 Å². The van der Waals surface area contributed by atoms with Gasteiger partial charge in [-0.2, -0.15) is 0 Å². The summed E-state index contributed by atoms with van der Waals surface area (Å²) in [5.41, 5.74) is 0.419. The van der Waals surface area contributed by atoms with Gasteiger partial charge in [-0.25, -0.2) is 0 Å². The molecule has 1 unspecified atom stereocenters. The van der Waals surface area contributed by atoms with Gasteiger partial charge in [0, 0.05) is 25.8 Å². The minimum absolute atomic E-state index is 0.0818. The molecule has 2 N–H and O–H groups in total. The molecule has 0 aliphatic carbocycles. The van der Waals surface area contributed by atoms with Gasteiger partial charge < -0.3 is 10.4 Å². The highest BCUT2D eigenvalue weighted by atomic mass is 16.4. The van der Waals surface area contributed by atoms with Crippen LogP contribution in [0.25, 0.3) is 0 Å². The molecule has 1 fully saturated rings. The zero-order valence-electron chi connectivity index (χ0n) is 9.87. The van der Waals surface area contributed by atoms with Gasteiger partial charge >= 0.3 is 5.97 Å². The highest BCUT2D eigenvalue weighted by molar-refractivity contribution is 5.95. The molecule has 6 nitrogen and oxygen atoms in total. The van der Waals surface area contributed by atoms with E-state index in [-0.39, 0.29) is 12.3 Å². The summed E-state index contributed by atoms with van der Waals surface area (Å²) in [6.45, 7) is 1.80. The normalized spacial score (nSPS) is 20.6. The van der Waals surface area contributed by atoms with Gasteiger partial charge in [0.05, 0.1) is 6.54 Å². The van der Waals surface area contributed by atoms with Crippen molar-refractivity contribution in [3.63, 3.8) is 0 Å². The second-order valence-corrected chi connectivity index (χ2v) is 4.22. The maximum atomic E-state index is 11.9. The van der Waals surface area contributed by atoms with Crippen molar-refractivity contribution in [1.82, 2.24) is 15.2 Å². The largest absolute Gasteiger partial charge is 0.480 e. The van der Waals surface area contributed by atoms with Crippen molar-refractivity contribution in [2.75, 3.05) is 26.2 Å². The van der Waals surface area contributed by atoms with Crippen LogP contribution in [0.2, 0.25) is 0 Å². The zero-order chi connectivity index (χ0) is 13.0. The average molecular weight is 249 g/mol. The minimum atomic E-state index is -0.884. The molecule has 96 valence electrons. The Morgan fingerprint density at radius 2 is 2.33 bits per heavy atom. The summed E-state index contributed by atoms with van der Waals surface area (Å²) in [4.78, 5) is 28.6. The van der Waals surface area contributed by atoms with Crippen molar-refractivity contribution in [3.8, 4) is 0 Å². The van der Waals surface area contributed by atoms with Gasteiger partial charge in [-0.1, -0.05) is 6.07 Å². The second kappa shape index (κ2) is 5.70. The number of carbonyl (C=O) groups excluding carboxylic acids is 1. The first-order valence-electron chi connectivity index (χ1n) is 5.79. The molecule has 6 heteroatoms. The van der Waals surface area contributed by atoms with Crippen LogP contribution in [-0.2, 0) is 4.79 Å². The van der Waals surface area contributed by atoms with Crippen molar-refractivity contribution in [2.24, 2.45) is 0 Å². The molecule has 2 rings (SSSR count). The summed E-state index contributed by atoms with van der Waals surface area (Å²) in [6, 6.07) is 4.58. The SMILES string of the molecule is O=C(CN1CCNC(C(=O)O)C1)c1ccccn1. The third-order valence-electron chi connectivity index (χ3n) is 2.88. The van der Waals surface area contributed by atoms with Crippen LogP contribution in [0, 0.1) is 0 Å². The molecular formula is C12H15N3O3. The monoisotopic (exact) mass is 249 g/mol. The van der Waals surface area contributed by atoms with E-state index in [0.717, 1.165) is 0 Å². The Hall–Kier alpha value is -1.79. The molecule has 2 heterocycles. The fourth-order valence-electron chi connectivity index (χ4n) is 1.93. The highest BCUT2D eigenvalue weighted by Gasteiger charge is 2.26. The predicted molar refractivity (Wildman–Crippen MR) is 64.4 cm³/mol. The molecule has 0 bridgehead atoms. The third-order valence-corrected chi connectivity index (χ3v) is 2.88. The fourth-order valence-corrected chi connectivity index (χ4v) is 1.93. The summed E-state index contributed by atoms with van der Waals surface area (Å²) in [5, 5.41) is 11.8. The van der Waals surface area contributed by atoms with Crippen LogP contribution in [-0.4, -0.2) is 59.0 Å². The van der Waals surface area contributed by atoms with E-state index in [0.29, 0.717) is 25.3 Å². The number of carboxylic acid groups (broad SMARTS) is 1. The number of aliphatic carboxylic acids is 1. The van der Waals surface area contributed by atoms with E-state index in [1.165, 1.54) is 0 Å². The van der Waals surface area contributed by atoms with Crippen molar-refractivity contribution in [1.29, 1.82) is 0 Å². The summed E-state index contributed by atoms with van der Waals surface area (Å²) in [6.07, 6.45) is 1.57. The number of nitrogens with zero attached hydrogens (tertiary/aromatic N) is 2. The van der Waals surface area contributed by atoms with E-state index in [9.17, 15) is 9.59 Å². The molecule has 1 aromatic rings. The fraction of sp³-hybridized carbons (Fsp3) is 0.417. The maximum absolute atomic E-state index is 11.9. The number of Topliss-reactive ketones (excluding diaryl/α,β-unsaturated/α-hetero) is 1. The van der Waals surface area contributed by atoms with E-state index in [1.54, 1.807) is 24.4 Å². The standard InChI is InChI=1S/C12H15N3O3/c16-11(9-3-1-2-4-13-9)8-15-6-5-14-10(7-15)12(17)18/h1-4,10,14H,5-8H2,(H,17,18). The lowest BCUT2D eigenvalue weighted by Gasteiger charge is -2.30. The van der Waals surface area contributed by atoms with Crippen molar-refractivity contribution in [3.05, 3.63) is 30.1 Å². The van der Waals surface area contributed by atoms with Crippen LogP contribution in [0.15, 0.2) is 24.4 Å². The molecule has 1 saturated heterocycles. The molecule has 0 radical (unpaired) electrons. The van der Waals surface area contributed by atoms with Crippen LogP contribution in [0.3, 0.4) is 0 Å². The molecular weight excluding hydrogens is 234 g/mol. The number of piperazine rings is 1. The first-order chi connectivity index (χ1) is 8.66. The summed E-state index contributed by atoms with van der Waals surface area (Å²) in [5.74, 6) is -0.966. The molecule has 0 spiro atoms. The first-order valence-corrected chi connectivity index (χ1v) is 5.79. The number of nitrogens with one attached hydrogen (secondary N) is 1. The van der Waals surface area contributed by atoms with E-state index < -0.39 is 12.0 Å². The maximum Gasteiger partial charge on any atom is 0.322 e. The molecule has 1 aliphatic heterocycles. The Kier molecular flexibility index (Phi) is 4.01. The first kappa shape index (κ1) is 12.7. The highest BCUT2D eigenvalue weighted by Crippen LogP contribution is 2.03. The van der Waals surface area contributed by atoms with Crippen LogP contribution in [0.1, 0.15) is 10.5 Å². The number of hydrogen-bond donors (Lipinski definition) is 2. The van der Waals surface area contributed by atoms with Gasteiger partial charge in [0.1, 0.15) is 11.7 Å². The number of rotatable bonds is 4. The topological polar surface area (TPSA) is 82.5 Å². The van der Waals surface area contributed by atoms with E-state index in [1.807, 2.05) is 4.90 Å². The lowest BCUT2D eigenvalue weighted by Crippen LogP contribution is -2.55. The van der Waals surface area contributed by atoms with Gasteiger partial charge in [0.15, 0.2) is 5.78 Å². The lowest BCUT2D eigenvalue weighted by molar-refractivity contribution is -0.140. The molecule has 0 amide bonds. The number of ketones is 1. The van der Waals surface area contributed by atoms with E-state index >= 15 is 0 Å². The Bertz CT molecular complexity index is 435. The molecule has 0 aromatic carbocycles. The molecule has 0 saturated carbocycles. The predicted octanol–water partition coefficient (Wildman–Crippen LogP) is -0.377. The smallest absolute Gasteiger partial charge is 0.322 e. The van der Waals surface area contributed by atoms with Crippen LogP contribution in [0.5, 0.6) is 0 Å². The van der Waals surface area contributed by atoms with Crippen molar-refractivity contribution < 1.29 is 14.7 Å². The molecule has 1 aliphatic rings. The summed E-state index contributed by atoms with van der Waals surface area (Å²) < 4.78 is 0. The van der Waals surface area contributed by atoms with Crippen molar-refractivity contribution in [2.45, 2.75) is 6.04 Å². The Balaban J connectivity index is 1.93. The van der Waals surface area contributed by atoms with Gasteiger partial charge in [-0.3, -0.25) is 19.5 Å². The summed E-state index contributed by atoms with van der Waals surface area (Å²) >= 11 is 0. The molecule has 18 heavy (non-hydrogen) atoms. The van der Waals surface area contributed by atoms with Crippen LogP contribution >= 0.6 is 0 Å². The second-order valence-electron chi connectivity index (χ2n) is 4.22. The average Bonchev–Trinajstić information content (AvgIpc) is 2.40. The molecule has 1 atom stereocenters. The lowest BCUT2D eigenvalue weighted by atomic mass is 10.2. The van der Waals surface area contributed by atoms with E-state index in [4.69, 9.17) is 5.11 Å². The Morgan fingerprint density at radius 1 is 1.50 bits per heavy atom. The number of carboxylic acids is 1. The van der Waals surface area contributed by atoms with Gasteiger partial charge in [-0.15, -0.1) is 0 Å². The number of hydrogen-bond acceptors (Lipinski definition) is 5. The van der Waals surface area contributed by atoms with E-state index in [2.05, 4.69) is 10.3 Å². The quantitative estimate of drug-likeness (QED) is 0.708. The van der Waals surface area contributed by atoms with Gasteiger partial charge in [0.25, 0.3) is 0 Å². The third kappa shape index (κ3) is 3.12. The summed E-state index contributed by atoms with van der Waals surface area (Å²) in [7, 11) is 0. The Labute approximate surface area is 105 Å². The van der Waals surface area contributed by atoms with Crippen molar-refractivity contribution >= 4 is 11.8 Å². The van der Waals surface area contributed by atoms with Gasteiger partial charge in [0.2, 0.25) is 0 Å². The Morgan fingerprint density at radius 3 is 3.00 bits per heavy atom. The molecule has 1 aromatic heterocycles. The number of aromatic nitrogens is 1. The van der Waals surface area contributed by atoms with Crippen LogP contribution < -0.4 is 5.32 Å².